The number of aliphatic hydroxyl groups is 1. The van der Waals surface area contributed by atoms with Crippen molar-refractivity contribution in [3.63, 3.8) is 0 Å². The zero-order chi connectivity index (χ0) is 18.7. The summed E-state index contributed by atoms with van der Waals surface area (Å²) in [5, 5.41) is 13.6. The number of hydrogen-bond acceptors (Lipinski definition) is 6. The molecule has 1 aromatic carbocycles. The first kappa shape index (κ1) is 22.1. The van der Waals surface area contributed by atoms with Crippen LogP contribution >= 0.6 is 11.8 Å². The fourth-order valence-electron chi connectivity index (χ4n) is 2.30. The molecule has 0 unspecified atom stereocenters. The molecule has 0 aliphatic rings. The molecule has 6 heteroatoms. The van der Waals surface area contributed by atoms with Gasteiger partial charge >= 0.3 is 0 Å². The predicted molar refractivity (Wildman–Crippen MR) is 107 cm³/mol. The van der Waals surface area contributed by atoms with E-state index < -0.39 is 6.10 Å². The molecule has 0 spiro atoms. The van der Waals surface area contributed by atoms with Crippen molar-refractivity contribution in [3.05, 3.63) is 23.8 Å². The summed E-state index contributed by atoms with van der Waals surface area (Å²) in [6.07, 6.45) is 2.76. The SMILES string of the molecule is COc1cc(CNCCCSC)ccc1OC[C@H](O)CN(C)C(C)C. The van der Waals surface area contributed by atoms with Crippen molar-refractivity contribution in [2.24, 2.45) is 0 Å². The molecule has 2 N–H and O–H groups in total. The van der Waals surface area contributed by atoms with Gasteiger partial charge in [-0.3, -0.25) is 0 Å². The lowest BCUT2D eigenvalue weighted by Gasteiger charge is -2.24. The van der Waals surface area contributed by atoms with Crippen LogP contribution in [0, 0.1) is 0 Å². The zero-order valence-corrected chi connectivity index (χ0v) is 17.1. The van der Waals surface area contributed by atoms with E-state index in [-0.39, 0.29) is 6.61 Å². The minimum atomic E-state index is -0.533. The molecule has 0 saturated heterocycles. The van der Waals surface area contributed by atoms with E-state index in [4.69, 9.17) is 9.47 Å². The Hall–Kier alpha value is -0.950. The van der Waals surface area contributed by atoms with Crippen molar-refractivity contribution in [3.8, 4) is 11.5 Å². The first-order chi connectivity index (χ1) is 12.0. The molecule has 1 aromatic rings. The number of nitrogens with one attached hydrogen (secondary N) is 1. The number of likely N-dealkylation sites (N-methyl/N-ethyl adjacent to an activating group) is 1. The fraction of sp³-hybridized carbons (Fsp3) is 0.684. The topological polar surface area (TPSA) is 54.0 Å². The molecule has 0 fully saturated rings. The molecule has 0 saturated carbocycles. The van der Waals surface area contributed by atoms with E-state index >= 15 is 0 Å². The number of aliphatic hydroxyl groups excluding tert-OH is 1. The van der Waals surface area contributed by atoms with E-state index in [9.17, 15) is 5.11 Å². The van der Waals surface area contributed by atoms with Crippen LogP contribution in [0.1, 0.15) is 25.8 Å². The van der Waals surface area contributed by atoms with E-state index in [1.807, 2.05) is 37.0 Å². The van der Waals surface area contributed by atoms with Crippen LogP contribution in [0.4, 0.5) is 0 Å². The molecule has 5 nitrogen and oxygen atoms in total. The second-order valence-corrected chi connectivity index (χ2v) is 7.49. The lowest BCUT2D eigenvalue weighted by molar-refractivity contribution is 0.0668. The summed E-state index contributed by atoms with van der Waals surface area (Å²) >= 11 is 1.87. The Morgan fingerprint density at radius 1 is 1.28 bits per heavy atom. The van der Waals surface area contributed by atoms with E-state index in [1.54, 1.807) is 7.11 Å². The molecule has 0 amide bonds. The number of nitrogens with zero attached hydrogens (tertiary/aromatic N) is 1. The minimum Gasteiger partial charge on any atom is -0.493 e. The van der Waals surface area contributed by atoms with E-state index in [2.05, 4.69) is 30.3 Å². The largest absolute Gasteiger partial charge is 0.493 e. The monoisotopic (exact) mass is 370 g/mol. The Morgan fingerprint density at radius 2 is 2.04 bits per heavy atom. The summed E-state index contributed by atoms with van der Waals surface area (Å²) in [6, 6.07) is 6.33. The molecule has 0 bridgehead atoms. The van der Waals surface area contributed by atoms with Gasteiger partial charge in [0.05, 0.1) is 7.11 Å². The van der Waals surface area contributed by atoms with Crippen molar-refractivity contribution >= 4 is 11.8 Å². The normalized spacial score (nSPS) is 12.6. The van der Waals surface area contributed by atoms with Crippen molar-refractivity contribution < 1.29 is 14.6 Å². The molecule has 0 aromatic heterocycles. The number of rotatable bonds is 13. The third-order valence-corrected chi connectivity index (χ3v) is 4.77. The number of benzene rings is 1. The highest BCUT2D eigenvalue weighted by molar-refractivity contribution is 7.98. The van der Waals surface area contributed by atoms with Gasteiger partial charge in [-0.05, 0) is 63.6 Å². The minimum absolute atomic E-state index is 0.250. The Bertz CT molecular complexity index is 486. The number of thioether (sulfide) groups is 1. The van der Waals surface area contributed by atoms with Crippen LogP contribution in [0.15, 0.2) is 18.2 Å². The zero-order valence-electron chi connectivity index (χ0n) is 16.2. The Balaban J connectivity index is 2.49. The number of methoxy groups -OCH3 is 1. The van der Waals surface area contributed by atoms with E-state index in [0.717, 1.165) is 18.7 Å². The first-order valence-electron chi connectivity index (χ1n) is 8.85. The average Bonchev–Trinajstić information content (AvgIpc) is 2.60. The van der Waals surface area contributed by atoms with Crippen LogP contribution in [0.3, 0.4) is 0 Å². The number of hydrogen-bond donors (Lipinski definition) is 2. The molecule has 0 heterocycles. The van der Waals surface area contributed by atoms with Crippen LogP contribution in [-0.2, 0) is 6.54 Å². The highest BCUT2D eigenvalue weighted by Gasteiger charge is 2.13. The molecule has 1 rings (SSSR count). The highest BCUT2D eigenvalue weighted by atomic mass is 32.2. The smallest absolute Gasteiger partial charge is 0.161 e. The van der Waals surface area contributed by atoms with Gasteiger partial charge in [0.25, 0.3) is 0 Å². The summed E-state index contributed by atoms with van der Waals surface area (Å²) < 4.78 is 11.2. The quantitative estimate of drug-likeness (QED) is 0.521. The molecular formula is C19H34N2O3S. The molecular weight excluding hydrogens is 336 g/mol. The molecule has 0 aliphatic carbocycles. The second kappa shape index (κ2) is 12.4. The van der Waals surface area contributed by atoms with Crippen molar-refractivity contribution in [1.82, 2.24) is 10.2 Å². The van der Waals surface area contributed by atoms with E-state index in [1.165, 1.54) is 12.2 Å². The molecule has 1 atom stereocenters. The fourth-order valence-corrected chi connectivity index (χ4v) is 2.73. The summed E-state index contributed by atoms with van der Waals surface area (Å²) in [5.74, 6) is 2.55. The van der Waals surface area contributed by atoms with Crippen LogP contribution in [0.5, 0.6) is 11.5 Å². The van der Waals surface area contributed by atoms with Gasteiger partial charge in [0.2, 0.25) is 0 Å². The first-order valence-corrected chi connectivity index (χ1v) is 10.2. The Labute approximate surface area is 157 Å². The van der Waals surface area contributed by atoms with Crippen molar-refractivity contribution in [1.29, 1.82) is 0 Å². The highest BCUT2D eigenvalue weighted by Crippen LogP contribution is 2.28. The van der Waals surface area contributed by atoms with Gasteiger partial charge in [0.15, 0.2) is 11.5 Å². The maximum absolute atomic E-state index is 10.1. The standard InChI is InChI=1S/C19H34N2O3S/c1-15(2)21(3)13-17(22)14-24-18-8-7-16(11-19(18)23-4)12-20-9-6-10-25-5/h7-8,11,15,17,20,22H,6,9-10,12-14H2,1-5H3/t17-/m1/s1. The molecule has 25 heavy (non-hydrogen) atoms. The third kappa shape index (κ3) is 8.81. The summed E-state index contributed by atoms with van der Waals surface area (Å²) in [4.78, 5) is 2.09. The molecule has 144 valence electrons. The summed E-state index contributed by atoms with van der Waals surface area (Å²) in [5.41, 5.74) is 1.16. The maximum Gasteiger partial charge on any atom is 0.161 e. The van der Waals surface area contributed by atoms with Gasteiger partial charge < -0.3 is 24.8 Å². The van der Waals surface area contributed by atoms with Gasteiger partial charge in [0, 0.05) is 19.1 Å². The molecule has 0 radical (unpaired) electrons. The van der Waals surface area contributed by atoms with E-state index in [0.29, 0.717) is 24.1 Å². The summed E-state index contributed by atoms with van der Waals surface area (Å²) in [7, 11) is 3.64. The van der Waals surface area contributed by atoms with Crippen LogP contribution in [0.2, 0.25) is 0 Å². The van der Waals surface area contributed by atoms with Crippen molar-refractivity contribution in [2.75, 3.05) is 45.9 Å². The van der Waals surface area contributed by atoms with Crippen LogP contribution in [0.25, 0.3) is 0 Å². The van der Waals surface area contributed by atoms with Crippen LogP contribution < -0.4 is 14.8 Å². The van der Waals surface area contributed by atoms with Crippen LogP contribution in [-0.4, -0.2) is 68.0 Å². The van der Waals surface area contributed by atoms with Gasteiger partial charge in [-0.25, -0.2) is 0 Å². The third-order valence-electron chi connectivity index (χ3n) is 4.07. The lowest BCUT2D eigenvalue weighted by atomic mass is 10.2. The van der Waals surface area contributed by atoms with Gasteiger partial charge in [0.1, 0.15) is 12.7 Å². The average molecular weight is 371 g/mol. The van der Waals surface area contributed by atoms with Gasteiger partial charge in [-0.2, -0.15) is 11.8 Å². The lowest BCUT2D eigenvalue weighted by Crippen LogP contribution is -2.36. The Kier molecular flexibility index (Phi) is 11.0. The summed E-state index contributed by atoms with van der Waals surface area (Å²) in [6.45, 7) is 6.86. The van der Waals surface area contributed by atoms with Gasteiger partial charge in [-0.1, -0.05) is 6.07 Å². The van der Waals surface area contributed by atoms with Crippen molar-refractivity contribution in [2.45, 2.75) is 39.0 Å². The predicted octanol–water partition coefficient (Wildman–Crippen LogP) is 2.62. The Morgan fingerprint density at radius 3 is 2.68 bits per heavy atom. The van der Waals surface area contributed by atoms with Gasteiger partial charge in [-0.15, -0.1) is 0 Å². The number of ether oxygens (including phenoxy) is 2. The maximum atomic E-state index is 10.1. The molecule has 0 aliphatic heterocycles. The second-order valence-electron chi connectivity index (χ2n) is 6.51.